The molecule has 1 aliphatic heterocycles. The number of aliphatic carboxylic acids is 1. The molecule has 2 unspecified atom stereocenters. The van der Waals surface area contributed by atoms with Crippen LogP contribution >= 0.6 is 11.6 Å². The largest absolute Gasteiger partial charge is 0.495 e. The molecule has 2 aliphatic rings. The number of halogens is 1. The minimum absolute atomic E-state index is 0.112. The van der Waals surface area contributed by atoms with Gasteiger partial charge in [0.15, 0.2) is 0 Å². The lowest BCUT2D eigenvalue weighted by Gasteiger charge is -2.27. The van der Waals surface area contributed by atoms with Crippen LogP contribution in [0.15, 0.2) is 18.2 Å². The van der Waals surface area contributed by atoms with Gasteiger partial charge >= 0.3 is 5.97 Å². The van der Waals surface area contributed by atoms with Crippen molar-refractivity contribution in [1.29, 1.82) is 0 Å². The minimum Gasteiger partial charge on any atom is -0.495 e. The number of nitrogens with one attached hydrogen (secondary N) is 1. The summed E-state index contributed by atoms with van der Waals surface area (Å²) in [6, 6.07) is 4.69. The molecule has 1 aromatic rings. The Balaban J connectivity index is 1.63. The third-order valence-corrected chi connectivity index (χ3v) is 4.98. The van der Waals surface area contributed by atoms with E-state index in [0.29, 0.717) is 30.2 Å². The maximum absolute atomic E-state index is 12.5. The third-order valence-electron chi connectivity index (χ3n) is 4.67. The first kappa shape index (κ1) is 17.0. The predicted molar refractivity (Wildman–Crippen MR) is 89.2 cm³/mol. The molecule has 0 spiro atoms. The van der Waals surface area contributed by atoms with Gasteiger partial charge in [0, 0.05) is 12.6 Å². The number of carbonyl (C=O) groups is 2. The van der Waals surface area contributed by atoms with Gasteiger partial charge in [0.1, 0.15) is 11.8 Å². The second-order valence-corrected chi connectivity index (χ2v) is 6.72. The summed E-state index contributed by atoms with van der Waals surface area (Å²) in [7, 11) is 1.54. The molecular weight excluding hydrogens is 332 g/mol. The fraction of sp³-hybridized carbons (Fsp3) is 0.529. The van der Waals surface area contributed by atoms with Crippen LogP contribution in [-0.4, -0.2) is 47.1 Å². The van der Waals surface area contributed by atoms with Crippen molar-refractivity contribution in [3.8, 4) is 5.75 Å². The average molecular weight is 353 g/mol. The molecule has 3 rings (SSSR count). The Morgan fingerprint density at radius 1 is 1.29 bits per heavy atom. The van der Waals surface area contributed by atoms with E-state index in [9.17, 15) is 14.7 Å². The van der Waals surface area contributed by atoms with Crippen LogP contribution in [0.2, 0.25) is 5.02 Å². The Kier molecular flexibility index (Phi) is 4.96. The number of nitrogens with zero attached hydrogens (tertiary/aromatic N) is 1. The monoisotopic (exact) mass is 352 g/mol. The van der Waals surface area contributed by atoms with Crippen LogP contribution in [0.5, 0.6) is 5.75 Å². The summed E-state index contributed by atoms with van der Waals surface area (Å²) in [6.45, 7) is 0.360. The number of likely N-dealkylation sites (tertiary alicyclic amines) is 1. The Hall–Kier alpha value is -1.79. The number of carbonyl (C=O) groups excluding carboxylic acids is 1. The van der Waals surface area contributed by atoms with Crippen molar-refractivity contribution in [1.82, 2.24) is 10.2 Å². The quantitative estimate of drug-likeness (QED) is 0.819. The summed E-state index contributed by atoms with van der Waals surface area (Å²) in [6.07, 6.45) is 3.06. The number of ether oxygens (including phenoxy) is 1. The van der Waals surface area contributed by atoms with Crippen molar-refractivity contribution in [2.75, 3.05) is 7.11 Å². The fourth-order valence-electron chi connectivity index (χ4n) is 3.35. The summed E-state index contributed by atoms with van der Waals surface area (Å²) in [4.78, 5) is 25.8. The van der Waals surface area contributed by atoms with Crippen molar-refractivity contribution >= 4 is 23.5 Å². The molecule has 0 bridgehead atoms. The molecule has 2 atom stereocenters. The number of rotatable bonds is 6. The standard InChI is InChI=1S/C17H21ClN2O4/c1-24-15-8-10(2-5-12(15)18)9-19-16(21)13-6-7-14(17(22)23)20(13)11-3-4-11/h2,5,8,11,13-14H,3-4,6-7,9H2,1H3,(H,19,21)(H,22,23). The highest BCUT2D eigenvalue weighted by atomic mass is 35.5. The zero-order valence-corrected chi connectivity index (χ0v) is 14.3. The van der Waals surface area contributed by atoms with Crippen LogP contribution in [0.3, 0.4) is 0 Å². The Labute approximate surface area is 145 Å². The molecule has 1 aliphatic carbocycles. The average Bonchev–Trinajstić information content (AvgIpc) is 3.31. The molecule has 6 nitrogen and oxygen atoms in total. The van der Waals surface area contributed by atoms with E-state index in [1.54, 1.807) is 19.2 Å². The Bertz CT molecular complexity index is 647. The summed E-state index contributed by atoms with van der Waals surface area (Å²) < 4.78 is 5.17. The topological polar surface area (TPSA) is 78.9 Å². The third kappa shape index (κ3) is 3.49. The molecule has 0 aromatic heterocycles. The minimum atomic E-state index is -0.834. The number of benzene rings is 1. The summed E-state index contributed by atoms with van der Waals surface area (Å²) in [5.74, 6) is -0.381. The first-order valence-corrected chi connectivity index (χ1v) is 8.49. The maximum atomic E-state index is 12.5. The van der Waals surface area contributed by atoms with Crippen LogP contribution < -0.4 is 10.1 Å². The molecule has 1 amide bonds. The van der Waals surface area contributed by atoms with Gasteiger partial charge in [-0.2, -0.15) is 0 Å². The number of methoxy groups -OCH3 is 1. The van der Waals surface area contributed by atoms with Gasteiger partial charge in [0.05, 0.1) is 18.2 Å². The number of hydrogen-bond acceptors (Lipinski definition) is 4. The van der Waals surface area contributed by atoms with Crippen LogP contribution in [0.4, 0.5) is 0 Å². The van der Waals surface area contributed by atoms with E-state index in [1.165, 1.54) is 0 Å². The molecule has 2 N–H and O–H groups in total. The lowest BCUT2D eigenvalue weighted by molar-refractivity contribution is -0.143. The summed E-state index contributed by atoms with van der Waals surface area (Å²) in [5, 5.41) is 12.8. The molecular formula is C17H21ClN2O4. The number of amides is 1. The van der Waals surface area contributed by atoms with Crippen LogP contribution in [0.25, 0.3) is 0 Å². The first-order chi connectivity index (χ1) is 11.5. The van der Waals surface area contributed by atoms with Crippen LogP contribution in [0, 0.1) is 0 Å². The number of carboxylic acids is 1. The van der Waals surface area contributed by atoms with E-state index in [4.69, 9.17) is 16.3 Å². The highest BCUT2D eigenvalue weighted by Crippen LogP contribution is 2.37. The second-order valence-electron chi connectivity index (χ2n) is 6.31. The van der Waals surface area contributed by atoms with Gasteiger partial charge in [-0.15, -0.1) is 0 Å². The Morgan fingerprint density at radius 2 is 2.00 bits per heavy atom. The molecule has 130 valence electrons. The summed E-state index contributed by atoms with van der Waals surface area (Å²) >= 11 is 5.99. The van der Waals surface area contributed by atoms with Gasteiger partial charge in [-0.3, -0.25) is 14.5 Å². The molecule has 1 saturated heterocycles. The highest BCUT2D eigenvalue weighted by molar-refractivity contribution is 6.32. The van der Waals surface area contributed by atoms with E-state index in [1.807, 2.05) is 11.0 Å². The molecule has 0 radical (unpaired) electrons. The van der Waals surface area contributed by atoms with Crippen molar-refractivity contribution in [3.63, 3.8) is 0 Å². The van der Waals surface area contributed by atoms with Crippen molar-refractivity contribution in [3.05, 3.63) is 28.8 Å². The van der Waals surface area contributed by atoms with Crippen molar-refractivity contribution < 1.29 is 19.4 Å². The van der Waals surface area contributed by atoms with Gasteiger partial charge in [0.25, 0.3) is 0 Å². The first-order valence-electron chi connectivity index (χ1n) is 8.11. The van der Waals surface area contributed by atoms with Crippen molar-refractivity contribution in [2.24, 2.45) is 0 Å². The van der Waals surface area contributed by atoms with Gasteiger partial charge in [-0.1, -0.05) is 17.7 Å². The van der Waals surface area contributed by atoms with E-state index in [0.717, 1.165) is 18.4 Å². The second kappa shape index (κ2) is 6.99. The smallest absolute Gasteiger partial charge is 0.320 e. The maximum Gasteiger partial charge on any atom is 0.320 e. The number of carboxylic acid groups (broad SMARTS) is 1. The molecule has 1 saturated carbocycles. The van der Waals surface area contributed by atoms with E-state index >= 15 is 0 Å². The Morgan fingerprint density at radius 3 is 2.62 bits per heavy atom. The van der Waals surface area contributed by atoms with E-state index in [-0.39, 0.29) is 18.0 Å². The lowest BCUT2D eigenvalue weighted by atomic mass is 10.1. The molecule has 2 fully saturated rings. The van der Waals surface area contributed by atoms with E-state index < -0.39 is 12.0 Å². The van der Waals surface area contributed by atoms with Gasteiger partial charge in [-0.05, 0) is 43.4 Å². The van der Waals surface area contributed by atoms with Gasteiger partial charge < -0.3 is 15.2 Å². The zero-order chi connectivity index (χ0) is 17.3. The van der Waals surface area contributed by atoms with E-state index in [2.05, 4.69) is 5.32 Å². The van der Waals surface area contributed by atoms with Crippen LogP contribution in [0.1, 0.15) is 31.2 Å². The highest BCUT2D eigenvalue weighted by Gasteiger charge is 2.48. The van der Waals surface area contributed by atoms with Gasteiger partial charge in [-0.25, -0.2) is 0 Å². The lowest BCUT2D eigenvalue weighted by Crippen LogP contribution is -2.49. The van der Waals surface area contributed by atoms with Crippen LogP contribution in [-0.2, 0) is 16.1 Å². The molecule has 1 heterocycles. The zero-order valence-electron chi connectivity index (χ0n) is 13.5. The van der Waals surface area contributed by atoms with Gasteiger partial charge in [0.2, 0.25) is 5.91 Å². The number of hydrogen-bond donors (Lipinski definition) is 2. The molecule has 24 heavy (non-hydrogen) atoms. The van der Waals surface area contributed by atoms with Crippen molar-refractivity contribution in [2.45, 2.75) is 50.4 Å². The molecule has 7 heteroatoms. The molecule has 1 aromatic carbocycles. The normalized spacial score (nSPS) is 23.9. The SMILES string of the molecule is COc1cc(CNC(=O)C2CCC(C(=O)O)N2C2CC2)ccc1Cl. The fourth-order valence-corrected chi connectivity index (χ4v) is 3.55. The summed E-state index contributed by atoms with van der Waals surface area (Å²) in [5.41, 5.74) is 0.885. The predicted octanol–water partition coefficient (Wildman–Crippen LogP) is 2.04.